The minimum absolute atomic E-state index is 0.267. The van der Waals surface area contributed by atoms with Gasteiger partial charge in [0.2, 0.25) is 0 Å². The van der Waals surface area contributed by atoms with E-state index < -0.39 is 0 Å². The van der Waals surface area contributed by atoms with Gasteiger partial charge >= 0.3 is 0 Å². The molecule has 2 amide bonds. The van der Waals surface area contributed by atoms with Crippen molar-refractivity contribution in [2.45, 2.75) is 0 Å². The maximum Gasteiger partial charge on any atom is 0.257 e. The number of pyridine rings is 1. The van der Waals surface area contributed by atoms with Crippen LogP contribution >= 0.6 is 0 Å². The average molecular weight is 281 g/mol. The number of anilines is 1. The number of hydrogen-bond donors (Lipinski definition) is 2. The maximum atomic E-state index is 12.1. The number of nitrogens with one attached hydrogen (secondary N) is 2. The number of hydrogen-bond acceptors (Lipinski definition) is 3. The van der Waals surface area contributed by atoms with E-state index in [1.807, 2.05) is 0 Å². The molecule has 5 heteroatoms. The van der Waals surface area contributed by atoms with Crippen molar-refractivity contribution in [1.29, 1.82) is 0 Å². The van der Waals surface area contributed by atoms with E-state index >= 15 is 0 Å². The first-order chi connectivity index (χ1) is 10.2. The van der Waals surface area contributed by atoms with Crippen LogP contribution in [0.3, 0.4) is 0 Å². The number of nitrogens with zero attached hydrogens (tertiary/aromatic N) is 1. The molecule has 0 saturated heterocycles. The summed E-state index contributed by atoms with van der Waals surface area (Å²) in [6.45, 7) is 3.91. The Hall–Kier alpha value is -2.95. The summed E-state index contributed by atoms with van der Waals surface area (Å²) >= 11 is 0. The van der Waals surface area contributed by atoms with Crippen molar-refractivity contribution in [3.63, 3.8) is 0 Å². The first-order valence-corrected chi connectivity index (χ1v) is 6.42. The van der Waals surface area contributed by atoms with E-state index in [0.29, 0.717) is 23.4 Å². The van der Waals surface area contributed by atoms with Crippen molar-refractivity contribution in [2.24, 2.45) is 0 Å². The van der Waals surface area contributed by atoms with E-state index in [2.05, 4.69) is 22.2 Å². The van der Waals surface area contributed by atoms with Gasteiger partial charge in [0.05, 0.1) is 16.8 Å². The van der Waals surface area contributed by atoms with Crippen LogP contribution in [0.25, 0.3) is 0 Å². The van der Waals surface area contributed by atoms with Crippen molar-refractivity contribution in [3.8, 4) is 0 Å². The van der Waals surface area contributed by atoms with Gasteiger partial charge in [-0.1, -0.05) is 18.2 Å². The first kappa shape index (κ1) is 14.5. The second-order valence-electron chi connectivity index (χ2n) is 4.24. The third kappa shape index (κ3) is 3.76. The van der Waals surface area contributed by atoms with Crippen LogP contribution in [-0.4, -0.2) is 23.3 Å². The van der Waals surface area contributed by atoms with E-state index in [-0.39, 0.29) is 11.8 Å². The van der Waals surface area contributed by atoms with Crippen LogP contribution in [0.2, 0.25) is 0 Å². The Bertz CT molecular complexity index is 654. The van der Waals surface area contributed by atoms with E-state index in [1.54, 1.807) is 48.7 Å². The minimum Gasteiger partial charge on any atom is -0.349 e. The summed E-state index contributed by atoms with van der Waals surface area (Å²) in [6, 6.07) is 10.2. The Balaban J connectivity index is 2.19. The SMILES string of the molecule is C=CCNC(=O)c1ccccc1NC(=O)c1cccnc1. The lowest BCUT2D eigenvalue weighted by Crippen LogP contribution is -2.25. The lowest BCUT2D eigenvalue weighted by molar-refractivity contribution is 0.0959. The second-order valence-corrected chi connectivity index (χ2v) is 4.24. The second kappa shape index (κ2) is 7.00. The molecule has 0 fully saturated rings. The molecule has 1 aromatic heterocycles. The molecule has 0 aliphatic rings. The van der Waals surface area contributed by atoms with Gasteiger partial charge in [-0.2, -0.15) is 0 Å². The Morgan fingerprint density at radius 1 is 1.14 bits per heavy atom. The van der Waals surface area contributed by atoms with Gasteiger partial charge in [0.25, 0.3) is 11.8 Å². The Labute approximate surface area is 122 Å². The number of aromatic nitrogens is 1. The number of carbonyl (C=O) groups excluding carboxylic acids is 2. The molecule has 0 unspecified atom stereocenters. The number of amides is 2. The number of benzene rings is 1. The highest BCUT2D eigenvalue weighted by Crippen LogP contribution is 2.16. The summed E-state index contributed by atoms with van der Waals surface area (Å²) in [5.41, 5.74) is 1.28. The van der Waals surface area contributed by atoms with Crippen LogP contribution < -0.4 is 10.6 Å². The molecule has 2 N–H and O–H groups in total. The maximum absolute atomic E-state index is 12.1. The molecule has 2 rings (SSSR count). The van der Waals surface area contributed by atoms with E-state index in [0.717, 1.165) is 0 Å². The topological polar surface area (TPSA) is 71.1 Å². The molecule has 0 aliphatic carbocycles. The summed E-state index contributed by atoms with van der Waals surface area (Å²) in [7, 11) is 0. The monoisotopic (exact) mass is 281 g/mol. The predicted molar refractivity (Wildman–Crippen MR) is 81.2 cm³/mol. The van der Waals surface area contributed by atoms with Crippen molar-refractivity contribution >= 4 is 17.5 Å². The summed E-state index contributed by atoms with van der Waals surface area (Å²) < 4.78 is 0. The third-order valence-corrected chi connectivity index (χ3v) is 2.75. The molecule has 0 saturated carbocycles. The normalized spacial score (nSPS) is 9.71. The number of rotatable bonds is 5. The van der Waals surface area contributed by atoms with Crippen LogP contribution in [0.1, 0.15) is 20.7 Å². The molecular formula is C16H15N3O2. The lowest BCUT2D eigenvalue weighted by atomic mass is 10.1. The molecule has 21 heavy (non-hydrogen) atoms. The highest BCUT2D eigenvalue weighted by atomic mass is 16.2. The molecule has 0 bridgehead atoms. The third-order valence-electron chi connectivity index (χ3n) is 2.75. The zero-order valence-corrected chi connectivity index (χ0v) is 11.4. The van der Waals surface area contributed by atoms with Crippen LogP contribution in [0.4, 0.5) is 5.69 Å². The fourth-order valence-electron chi connectivity index (χ4n) is 1.74. The molecule has 0 spiro atoms. The highest BCUT2D eigenvalue weighted by molar-refractivity contribution is 6.08. The molecule has 0 atom stereocenters. The Morgan fingerprint density at radius 3 is 2.67 bits per heavy atom. The van der Waals surface area contributed by atoms with Gasteiger partial charge in [0.1, 0.15) is 0 Å². The molecule has 106 valence electrons. The summed E-state index contributed by atoms with van der Waals surface area (Å²) in [6.07, 6.45) is 4.65. The number of carbonyl (C=O) groups is 2. The molecule has 0 aliphatic heterocycles. The van der Waals surface area contributed by atoms with Gasteiger partial charge in [-0.15, -0.1) is 6.58 Å². The van der Waals surface area contributed by atoms with Crippen molar-refractivity contribution < 1.29 is 9.59 Å². The zero-order chi connectivity index (χ0) is 15.1. The van der Waals surface area contributed by atoms with Crippen molar-refractivity contribution in [1.82, 2.24) is 10.3 Å². The summed E-state index contributed by atoms with van der Waals surface area (Å²) in [4.78, 5) is 28.0. The average Bonchev–Trinajstić information content (AvgIpc) is 2.54. The highest BCUT2D eigenvalue weighted by Gasteiger charge is 2.13. The Morgan fingerprint density at radius 2 is 1.95 bits per heavy atom. The predicted octanol–water partition coefficient (Wildman–Crippen LogP) is 2.25. The molecule has 2 aromatic rings. The smallest absolute Gasteiger partial charge is 0.257 e. The van der Waals surface area contributed by atoms with Crippen molar-refractivity contribution in [3.05, 3.63) is 72.6 Å². The van der Waals surface area contributed by atoms with E-state index in [4.69, 9.17) is 0 Å². The lowest BCUT2D eigenvalue weighted by Gasteiger charge is -2.10. The van der Waals surface area contributed by atoms with Crippen LogP contribution in [0.5, 0.6) is 0 Å². The minimum atomic E-state index is -0.313. The van der Waals surface area contributed by atoms with Crippen LogP contribution in [0, 0.1) is 0 Å². The quantitative estimate of drug-likeness (QED) is 0.826. The van der Waals surface area contributed by atoms with E-state index in [9.17, 15) is 9.59 Å². The van der Waals surface area contributed by atoms with E-state index in [1.165, 1.54) is 6.20 Å². The molecule has 1 heterocycles. The molecule has 1 aromatic carbocycles. The Kier molecular flexibility index (Phi) is 4.82. The summed E-state index contributed by atoms with van der Waals surface area (Å²) in [5.74, 6) is -0.580. The largest absolute Gasteiger partial charge is 0.349 e. The van der Waals surface area contributed by atoms with Crippen LogP contribution in [-0.2, 0) is 0 Å². The summed E-state index contributed by atoms with van der Waals surface area (Å²) in [5, 5.41) is 5.40. The van der Waals surface area contributed by atoms with Crippen molar-refractivity contribution in [2.75, 3.05) is 11.9 Å². The van der Waals surface area contributed by atoms with Gasteiger partial charge in [0.15, 0.2) is 0 Å². The standard InChI is InChI=1S/C16H15N3O2/c1-2-9-18-16(21)13-7-3-4-8-14(13)19-15(20)12-6-5-10-17-11-12/h2-8,10-11H,1,9H2,(H,18,21)(H,19,20). The fraction of sp³-hybridized carbons (Fsp3) is 0.0625. The fourth-order valence-corrected chi connectivity index (χ4v) is 1.74. The first-order valence-electron chi connectivity index (χ1n) is 6.42. The van der Waals surface area contributed by atoms with Gasteiger partial charge < -0.3 is 10.6 Å². The van der Waals surface area contributed by atoms with Gasteiger partial charge in [0, 0.05) is 18.9 Å². The van der Waals surface area contributed by atoms with Gasteiger partial charge in [-0.05, 0) is 24.3 Å². The van der Waals surface area contributed by atoms with Gasteiger partial charge in [-0.25, -0.2) is 0 Å². The van der Waals surface area contributed by atoms with Gasteiger partial charge in [-0.3, -0.25) is 14.6 Å². The van der Waals surface area contributed by atoms with Crippen LogP contribution in [0.15, 0.2) is 61.4 Å². The molecule has 0 radical (unpaired) electrons. The molecular weight excluding hydrogens is 266 g/mol. The number of para-hydroxylation sites is 1. The molecule has 5 nitrogen and oxygen atoms in total. The zero-order valence-electron chi connectivity index (χ0n) is 11.4.